The third-order valence-corrected chi connectivity index (χ3v) is 0. The Balaban J connectivity index is -0.0000000150. The SMILES string of the molecule is [Na+].[Na+].[Na+].[Na+].[O-][Cl+2]([O-])[O-].[O-][Cl+2]([O-])[O-].[O-][Cl+2]([O-])[O-].[O-][Cl+2]([O-])[O-]. The van der Waals surface area contributed by atoms with Crippen molar-refractivity contribution >= 4 is 0 Å². The van der Waals surface area contributed by atoms with Gasteiger partial charge in [-0.25, -0.2) is 0 Å². The molecule has 0 atom stereocenters. The molecular weight excluding hydrogens is 426 g/mol. The summed E-state index contributed by atoms with van der Waals surface area (Å²) in [7, 11) is -11.4. The van der Waals surface area contributed by atoms with Crippen LogP contribution >= 0.6 is 0 Å². The Bertz CT molecular complexity index is 70.4. The third-order valence-electron chi connectivity index (χ3n) is 0. The molecular formula is Cl4Na4O12. The molecule has 104 valence electrons. The van der Waals surface area contributed by atoms with Gasteiger partial charge in [0.05, 0.1) is 43.1 Å². The van der Waals surface area contributed by atoms with Crippen molar-refractivity contribution in [3.05, 3.63) is 0 Å². The van der Waals surface area contributed by atoms with Gasteiger partial charge < -0.3 is 55.9 Å². The molecule has 0 heterocycles. The van der Waals surface area contributed by atoms with E-state index in [1.54, 1.807) is 0 Å². The van der Waals surface area contributed by atoms with E-state index in [1.165, 1.54) is 0 Å². The molecule has 0 aromatic rings. The Labute approximate surface area is 213 Å². The average molecular weight is 426 g/mol. The molecule has 20 heteroatoms. The van der Waals surface area contributed by atoms with Crippen LogP contribution in [-0.4, -0.2) is 0 Å². The number of rotatable bonds is 0. The summed E-state index contributed by atoms with van der Waals surface area (Å²) in [5.74, 6) is 0. The minimum Gasteiger partial charge on any atom is -0.357 e. The summed E-state index contributed by atoms with van der Waals surface area (Å²) in [6.45, 7) is 0. The van der Waals surface area contributed by atoms with E-state index in [0.29, 0.717) is 0 Å². The van der Waals surface area contributed by atoms with Gasteiger partial charge in [-0.2, -0.15) is 0 Å². The monoisotopic (exact) mass is 424 g/mol. The summed E-state index contributed by atoms with van der Waals surface area (Å²) < 4.78 is 101. The van der Waals surface area contributed by atoms with E-state index in [2.05, 4.69) is 0 Å². The number of hydrogen-bond acceptors (Lipinski definition) is 12. The maximum absolute atomic E-state index is 8.41. The first-order chi connectivity index (χ1) is 6.93. The van der Waals surface area contributed by atoms with Gasteiger partial charge in [0, 0.05) is 0 Å². The first-order valence-corrected chi connectivity index (χ1v) is 5.55. The average Bonchev–Trinajstić information content (AvgIpc) is 1.76. The van der Waals surface area contributed by atoms with Crippen molar-refractivity contribution < 1.29 is 217 Å². The Morgan fingerprint density at radius 2 is 0.250 bits per heavy atom. The first-order valence-electron chi connectivity index (χ1n) is 1.85. The predicted molar refractivity (Wildman–Crippen MR) is 0 cm³/mol. The second kappa shape index (κ2) is 43.8. The van der Waals surface area contributed by atoms with Crippen LogP contribution in [0.3, 0.4) is 0 Å². The van der Waals surface area contributed by atoms with Crippen molar-refractivity contribution in [2.45, 2.75) is 0 Å². The molecule has 0 aromatic carbocycles. The standard InChI is InChI=1S/4ClO3.4Na/c4*2-1(3)4;;;;/q4*-1;4*+1. The fraction of sp³-hybridized carbons (Fsp3) is 0. The van der Waals surface area contributed by atoms with Gasteiger partial charge in [-0.05, 0) is 0 Å². The molecule has 0 spiro atoms. The Morgan fingerprint density at radius 3 is 0.250 bits per heavy atom. The molecule has 0 aliphatic rings. The predicted octanol–water partition coefficient (Wildman–Crippen LogP) is -26.3. The summed E-state index contributed by atoms with van der Waals surface area (Å²) in [6.07, 6.45) is 0. The van der Waals surface area contributed by atoms with Crippen molar-refractivity contribution in [3.63, 3.8) is 0 Å². The molecule has 0 amide bonds. The quantitative estimate of drug-likeness (QED) is 0.327. The van der Waals surface area contributed by atoms with Crippen LogP contribution in [0.5, 0.6) is 0 Å². The van der Waals surface area contributed by atoms with Crippen molar-refractivity contribution in [1.29, 1.82) is 0 Å². The molecule has 0 aromatic heterocycles. The number of hydrogen-bond donors (Lipinski definition) is 0. The third kappa shape index (κ3) is 487. The molecule has 0 saturated heterocycles. The Hall–Kier alpha value is 4.68. The van der Waals surface area contributed by atoms with Crippen LogP contribution in [0.1, 0.15) is 0 Å². The second-order valence-corrected chi connectivity index (χ2v) is 2.27. The van der Waals surface area contributed by atoms with Gasteiger partial charge in [0.15, 0.2) is 0 Å². The zero-order valence-corrected chi connectivity index (χ0v) is 21.4. The molecule has 0 aliphatic carbocycles. The van der Waals surface area contributed by atoms with Crippen LogP contribution in [0.4, 0.5) is 0 Å². The van der Waals surface area contributed by atoms with Gasteiger partial charge in [0.25, 0.3) is 0 Å². The minimum absolute atomic E-state index is 0. The van der Waals surface area contributed by atoms with Gasteiger partial charge in [-0.15, -0.1) is 0 Å². The summed E-state index contributed by atoms with van der Waals surface area (Å²) in [4.78, 5) is 0. The van der Waals surface area contributed by atoms with Crippen LogP contribution in [0.25, 0.3) is 0 Å². The van der Waals surface area contributed by atoms with Crippen LogP contribution in [0.2, 0.25) is 0 Å². The van der Waals surface area contributed by atoms with Crippen LogP contribution < -0.4 is 174 Å². The van der Waals surface area contributed by atoms with Crippen molar-refractivity contribution in [2.24, 2.45) is 0 Å². The maximum atomic E-state index is 8.41. The zero-order valence-electron chi connectivity index (χ0n) is 10.4. The first kappa shape index (κ1) is 49.7. The summed E-state index contributed by atoms with van der Waals surface area (Å²) >= 11 is 0. The van der Waals surface area contributed by atoms with Gasteiger partial charge in [-0.3, -0.25) is 0 Å². The maximum Gasteiger partial charge on any atom is 1.00 e. The second-order valence-electron chi connectivity index (χ2n) is 0.756. The topological polar surface area (TPSA) is 277 Å². The summed E-state index contributed by atoms with van der Waals surface area (Å²) in [5.41, 5.74) is 0. The van der Waals surface area contributed by atoms with E-state index in [9.17, 15) is 0 Å². The van der Waals surface area contributed by atoms with Gasteiger partial charge in [0.1, 0.15) is 0 Å². The molecule has 0 rings (SSSR count). The Kier molecular flexibility index (Phi) is 109. The molecule has 12 nitrogen and oxygen atoms in total. The van der Waals surface area contributed by atoms with E-state index in [1.807, 2.05) is 0 Å². The summed E-state index contributed by atoms with van der Waals surface area (Å²) in [5, 5.41) is 0. The summed E-state index contributed by atoms with van der Waals surface area (Å²) in [6, 6.07) is 0. The Morgan fingerprint density at radius 1 is 0.250 bits per heavy atom. The molecule has 0 aliphatic heterocycles. The fourth-order valence-corrected chi connectivity index (χ4v) is 0. The molecule has 0 fully saturated rings. The molecule has 0 bridgehead atoms. The van der Waals surface area contributed by atoms with E-state index in [4.69, 9.17) is 55.9 Å². The molecule has 0 saturated carbocycles. The van der Waals surface area contributed by atoms with Crippen LogP contribution in [0, 0.1) is 43.1 Å². The van der Waals surface area contributed by atoms with Crippen LogP contribution in [-0.2, 0) is 0 Å². The minimum atomic E-state index is -2.85. The van der Waals surface area contributed by atoms with Gasteiger partial charge in [0.2, 0.25) is 0 Å². The van der Waals surface area contributed by atoms with Crippen molar-refractivity contribution in [3.8, 4) is 0 Å². The molecule has 20 heavy (non-hydrogen) atoms. The normalized spacial score (nSPS) is 7.20. The van der Waals surface area contributed by atoms with E-state index in [0.717, 1.165) is 0 Å². The molecule has 0 radical (unpaired) electrons. The van der Waals surface area contributed by atoms with Crippen LogP contribution in [0.15, 0.2) is 0 Å². The number of halogens is 4. The molecule has 0 N–H and O–H groups in total. The molecule has 0 unspecified atom stereocenters. The van der Waals surface area contributed by atoms with Crippen molar-refractivity contribution in [1.82, 2.24) is 0 Å². The van der Waals surface area contributed by atoms with E-state index < -0.39 is 43.1 Å². The van der Waals surface area contributed by atoms with E-state index in [-0.39, 0.29) is 118 Å². The van der Waals surface area contributed by atoms with E-state index >= 15 is 0 Å². The fourth-order valence-electron chi connectivity index (χ4n) is 0. The zero-order chi connectivity index (χ0) is 14.3. The smallest absolute Gasteiger partial charge is 0.357 e. The van der Waals surface area contributed by atoms with Gasteiger partial charge >= 0.3 is 118 Å². The van der Waals surface area contributed by atoms with Crippen molar-refractivity contribution in [2.75, 3.05) is 0 Å². The van der Waals surface area contributed by atoms with Gasteiger partial charge in [-0.1, -0.05) is 0 Å². The largest absolute Gasteiger partial charge is 1.00 e.